The van der Waals surface area contributed by atoms with Gasteiger partial charge in [-0.2, -0.15) is 0 Å². The number of rotatable bonds is 4. The van der Waals surface area contributed by atoms with E-state index in [0.29, 0.717) is 18.0 Å². The minimum absolute atomic E-state index is 0.177. The second-order valence-corrected chi connectivity index (χ2v) is 5.33. The van der Waals surface area contributed by atoms with Crippen LogP contribution in [0.2, 0.25) is 0 Å². The number of halogens is 1. The third-order valence-corrected chi connectivity index (χ3v) is 3.73. The van der Waals surface area contributed by atoms with Gasteiger partial charge in [-0.15, -0.1) is 0 Å². The van der Waals surface area contributed by atoms with Crippen molar-refractivity contribution < 1.29 is 9.13 Å². The summed E-state index contributed by atoms with van der Waals surface area (Å²) in [5.41, 5.74) is 2.69. The molecule has 0 radical (unpaired) electrons. The average molecular weight is 287 g/mol. The minimum Gasteiger partial charge on any atom is -0.381 e. The van der Waals surface area contributed by atoms with Gasteiger partial charge in [0.05, 0.1) is 12.3 Å². The smallest absolute Gasteiger partial charge is 0.129 e. The van der Waals surface area contributed by atoms with Gasteiger partial charge in [0.25, 0.3) is 0 Å². The van der Waals surface area contributed by atoms with Gasteiger partial charge < -0.3 is 10.1 Å². The van der Waals surface area contributed by atoms with Gasteiger partial charge in [-0.05, 0) is 30.5 Å². The van der Waals surface area contributed by atoms with Crippen molar-refractivity contribution in [3.8, 4) is 0 Å². The molecule has 4 nitrogen and oxygen atoms in total. The Morgan fingerprint density at radius 2 is 2.24 bits per heavy atom. The fourth-order valence-electron chi connectivity index (χ4n) is 2.47. The van der Waals surface area contributed by atoms with Crippen LogP contribution in [0.15, 0.2) is 30.6 Å². The number of nitrogens with zero attached hydrogens (tertiary/aromatic N) is 2. The minimum atomic E-state index is -0.177. The summed E-state index contributed by atoms with van der Waals surface area (Å²) in [6, 6.07) is 7.08. The predicted octanol–water partition coefficient (Wildman–Crippen LogP) is 3.04. The molecule has 0 bridgehead atoms. The molecule has 1 N–H and O–H groups in total. The molecule has 0 spiro atoms. The van der Waals surface area contributed by atoms with Crippen LogP contribution in [0.3, 0.4) is 0 Å². The number of aryl methyl sites for hydroxylation is 1. The van der Waals surface area contributed by atoms with E-state index in [1.165, 1.54) is 6.07 Å². The van der Waals surface area contributed by atoms with Crippen LogP contribution in [0.25, 0.3) is 0 Å². The molecule has 1 atom stereocenters. The van der Waals surface area contributed by atoms with Crippen LogP contribution in [0.4, 0.5) is 10.2 Å². The fraction of sp³-hybridized carbons (Fsp3) is 0.375. The zero-order valence-electron chi connectivity index (χ0n) is 12.0. The van der Waals surface area contributed by atoms with Crippen molar-refractivity contribution in [3.05, 3.63) is 53.2 Å². The molecular formula is C16H18FN3O. The SMILES string of the molecule is Cc1cc(CNc2cc(C3CCOC3)ncn2)ccc1F. The Morgan fingerprint density at radius 1 is 1.33 bits per heavy atom. The maximum atomic E-state index is 13.2. The molecule has 0 amide bonds. The highest BCUT2D eigenvalue weighted by Gasteiger charge is 2.19. The van der Waals surface area contributed by atoms with E-state index in [1.807, 2.05) is 12.1 Å². The van der Waals surface area contributed by atoms with Crippen LogP contribution >= 0.6 is 0 Å². The molecule has 1 aliphatic rings. The lowest BCUT2D eigenvalue weighted by atomic mass is 10.0. The first kappa shape index (κ1) is 13.9. The van der Waals surface area contributed by atoms with E-state index >= 15 is 0 Å². The molecule has 3 rings (SSSR count). The summed E-state index contributed by atoms with van der Waals surface area (Å²) in [7, 11) is 0. The number of anilines is 1. The lowest BCUT2D eigenvalue weighted by Crippen LogP contribution is -2.06. The molecule has 110 valence electrons. The summed E-state index contributed by atoms with van der Waals surface area (Å²) in [4.78, 5) is 8.55. The number of ether oxygens (including phenoxy) is 1. The maximum Gasteiger partial charge on any atom is 0.129 e. The summed E-state index contributed by atoms with van der Waals surface area (Å²) in [6.45, 7) is 3.90. The van der Waals surface area contributed by atoms with E-state index in [0.717, 1.165) is 36.7 Å². The van der Waals surface area contributed by atoms with E-state index in [-0.39, 0.29) is 5.82 Å². The fourth-order valence-corrected chi connectivity index (χ4v) is 2.47. The Morgan fingerprint density at radius 3 is 3.00 bits per heavy atom. The van der Waals surface area contributed by atoms with Crippen molar-refractivity contribution in [1.29, 1.82) is 0 Å². The van der Waals surface area contributed by atoms with Crippen LogP contribution in [-0.4, -0.2) is 23.2 Å². The highest BCUT2D eigenvalue weighted by atomic mass is 19.1. The molecular weight excluding hydrogens is 269 g/mol. The first-order valence-corrected chi connectivity index (χ1v) is 7.11. The molecule has 1 aliphatic heterocycles. The lowest BCUT2D eigenvalue weighted by molar-refractivity contribution is 0.193. The maximum absolute atomic E-state index is 13.2. The Labute approximate surface area is 123 Å². The van der Waals surface area contributed by atoms with Crippen LogP contribution < -0.4 is 5.32 Å². The number of benzene rings is 1. The Balaban J connectivity index is 1.67. The zero-order valence-corrected chi connectivity index (χ0v) is 12.0. The van der Waals surface area contributed by atoms with Crippen molar-refractivity contribution in [1.82, 2.24) is 9.97 Å². The second-order valence-electron chi connectivity index (χ2n) is 5.33. The monoisotopic (exact) mass is 287 g/mol. The number of aromatic nitrogens is 2. The van der Waals surface area contributed by atoms with Crippen LogP contribution in [0.5, 0.6) is 0 Å². The van der Waals surface area contributed by atoms with E-state index in [9.17, 15) is 4.39 Å². The van der Waals surface area contributed by atoms with Crippen molar-refractivity contribution in [2.45, 2.75) is 25.8 Å². The molecule has 1 fully saturated rings. The Bertz CT molecular complexity index is 627. The molecule has 21 heavy (non-hydrogen) atoms. The largest absolute Gasteiger partial charge is 0.381 e. The summed E-state index contributed by atoms with van der Waals surface area (Å²) < 4.78 is 18.6. The summed E-state index contributed by atoms with van der Waals surface area (Å²) in [5, 5.41) is 3.26. The third kappa shape index (κ3) is 3.36. The molecule has 1 aromatic heterocycles. The summed E-state index contributed by atoms with van der Waals surface area (Å²) >= 11 is 0. The van der Waals surface area contributed by atoms with Crippen molar-refractivity contribution in [3.63, 3.8) is 0 Å². The quantitative estimate of drug-likeness (QED) is 0.939. The van der Waals surface area contributed by atoms with Crippen molar-refractivity contribution >= 4 is 5.82 Å². The van der Waals surface area contributed by atoms with Gasteiger partial charge in [-0.3, -0.25) is 0 Å². The van der Waals surface area contributed by atoms with Gasteiger partial charge in [0, 0.05) is 25.1 Å². The van der Waals surface area contributed by atoms with Gasteiger partial charge >= 0.3 is 0 Å². The van der Waals surface area contributed by atoms with E-state index in [2.05, 4.69) is 15.3 Å². The predicted molar refractivity (Wildman–Crippen MR) is 78.7 cm³/mol. The Kier molecular flexibility index (Phi) is 4.10. The van der Waals surface area contributed by atoms with E-state index in [1.54, 1.807) is 19.3 Å². The lowest BCUT2D eigenvalue weighted by Gasteiger charge is -2.10. The molecule has 1 unspecified atom stereocenters. The number of hydrogen-bond donors (Lipinski definition) is 1. The van der Waals surface area contributed by atoms with Gasteiger partial charge in [0.15, 0.2) is 0 Å². The first-order chi connectivity index (χ1) is 10.2. The van der Waals surface area contributed by atoms with Crippen molar-refractivity contribution in [2.24, 2.45) is 0 Å². The van der Waals surface area contributed by atoms with E-state index in [4.69, 9.17) is 4.74 Å². The molecule has 5 heteroatoms. The average Bonchev–Trinajstić information content (AvgIpc) is 3.03. The van der Waals surface area contributed by atoms with Crippen LogP contribution in [0.1, 0.15) is 29.2 Å². The number of nitrogens with one attached hydrogen (secondary N) is 1. The van der Waals surface area contributed by atoms with Gasteiger partial charge in [-0.1, -0.05) is 12.1 Å². The molecule has 1 aromatic carbocycles. The molecule has 0 aliphatic carbocycles. The highest BCUT2D eigenvalue weighted by molar-refractivity contribution is 5.37. The van der Waals surface area contributed by atoms with Crippen LogP contribution in [-0.2, 0) is 11.3 Å². The van der Waals surface area contributed by atoms with E-state index < -0.39 is 0 Å². The third-order valence-electron chi connectivity index (χ3n) is 3.73. The number of hydrogen-bond acceptors (Lipinski definition) is 4. The van der Waals surface area contributed by atoms with Crippen molar-refractivity contribution in [2.75, 3.05) is 18.5 Å². The van der Waals surface area contributed by atoms with Crippen LogP contribution in [0, 0.1) is 12.7 Å². The second kappa shape index (κ2) is 6.18. The first-order valence-electron chi connectivity index (χ1n) is 7.11. The van der Waals surface area contributed by atoms with Gasteiger partial charge in [0.1, 0.15) is 18.0 Å². The zero-order chi connectivity index (χ0) is 14.7. The topological polar surface area (TPSA) is 47.0 Å². The molecule has 0 saturated carbocycles. The standard InChI is InChI=1S/C16H18FN3O/c1-11-6-12(2-3-14(11)17)8-18-16-7-15(19-10-20-16)13-4-5-21-9-13/h2-3,6-7,10,13H,4-5,8-9H2,1H3,(H,18,19,20). The molecule has 2 heterocycles. The van der Waals surface area contributed by atoms with Gasteiger partial charge in [-0.25, -0.2) is 14.4 Å². The molecule has 2 aromatic rings. The summed E-state index contributed by atoms with van der Waals surface area (Å²) in [5.74, 6) is 0.972. The normalized spacial score (nSPS) is 17.9. The van der Waals surface area contributed by atoms with Gasteiger partial charge in [0.2, 0.25) is 0 Å². The summed E-state index contributed by atoms with van der Waals surface area (Å²) in [6.07, 6.45) is 2.58. The Hall–Kier alpha value is -2.01. The molecule has 1 saturated heterocycles. The highest BCUT2D eigenvalue weighted by Crippen LogP contribution is 2.24.